The van der Waals surface area contributed by atoms with Crippen molar-refractivity contribution >= 4 is 40.6 Å². The van der Waals surface area contributed by atoms with Gasteiger partial charge in [-0.05, 0) is 36.4 Å². The van der Waals surface area contributed by atoms with Crippen LogP contribution < -0.4 is 16.1 Å². The Balaban J connectivity index is 1.62. The molecule has 0 atom stereocenters. The standard InChI is InChI=1S/C18H19ClN6OS/c1-24(2)13-9-7-12(8-10-13)21-16(26)11-27-18-23-22-17(25(18)20)14-5-3-4-6-15(14)19/h3-10H,11,20H2,1-2H3,(H,21,26). The molecule has 0 aliphatic carbocycles. The predicted molar refractivity (Wildman–Crippen MR) is 111 cm³/mol. The number of thioether (sulfide) groups is 1. The number of nitrogens with two attached hydrogens (primary N) is 1. The van der Waals surface area contributed by atoms with Gasteiger partial charge in [0.1, 0.15) is 0 Å². The first-order valence-corrected chi connectivity index (χ1v) is 9.47. The fourth-order valence-corrected chi connectivity index (χ4v) is 3.25. The highest BCUT2D eigenvalue weighted by molar-refractivity contribution is 7.99. The number of amides is 1. The summed E-state index contributed by atoms with van der Waals surface area (Å²) in [5, 5.41) is 11.9. The van der Waals surface area contributed by atoms with Gasteiger partial charge in [0.05, 0.1) is 10.8 Å². The van der Waals surface area contributed by atoms with Gasteiger partial charge in [0.15, 0.2) is 5.82 Å². The average Bonchev–Trinajstić information content (AvgIpc) is 3.01. The number of nitrogens with one attached hydrogen (secondary N) is 1. The van der Waals surface area contributed by atoms with E-state index < -0.39 is 0 Å². The van der Waals surface area contributed by atoms with Crippen molar-refractivity contribution in [3.8, 4) is 11.4 Å². The number of halogens is 1. The van der Waals surface area contributed by atoms with Crippen LogP contribution in [-0.2, 0) is 4.79 Å². The van der Waals surface area contributed by atoms with E-state index in [0.29, 0.717) is 21.6 Å². The van der Waals surface area contributed by atoms with Crippen LogP contribution in [0.25, 0.3) is 11.4 Å². The van der Waals surface area contributed by atoms with Crippen LogP contribution >= 0.6 is 23.4 Å². The minimum Gasteiger partial charge on any atom is -0.378 e. The molecule has 9 heteroatoms. The topological polar surface area (TPSA) is 89.1 Å². The minimum absolute atomic E-state index is 0.153. The second kappa shape index (κ2) is 8.32. The van der Waals surface area contributed by atoms with E-state index >= 15 is 0 Å². The largest absolute Gasteiger partial charge is 0.378 e. The Morgan fingerprint density at radius 2 is 1.89 bits per heavy atom. The number of hydrogen-bond acceptors (Lipinski definition) is 6. The molecule has 1 amide bonds. The molecule has 3 rings (SSSR count). The monoisotopic (exact) mass is 402 g/mol. The number of carbonyl (C=O) groups excluding carboxylic acids is 1. The summed E-state index contributed by atoms with van der Waals surface area (Å²) in [6.07, 6.45) is 0. The molecule has 140 valence electrons. The van der Waals surface area contributed by atoms with Crippen molar-refractivity contribution in [3.05, 3.63) is 53.6 Å². The van der Waals surface area contributed by atoms with E-state index in [4.69, 9.17) is 17.4 Å². The van der Waals surface area contributed by atoms with Crippen LogP contribution in [0.2, 0.25) is 5.02 Å². The highest BCUT2D eigenvalue weighted by Gasteiger charge is 2.15. The molecule has 0 spiro atoms. The van der Waals surface area contributed by atoms with Gasteiger partial charge in [-0.1, -0.05) is 35.5 Å². The molecule has 27 heavy (non-hydrogen) atoms. The summed E-state index contributed by atoms with van der Waals surface area (Å²) in [5.74, 6) is 6.52. The van der Waals surface area contributed by atoms with Gasteiger partial charge in [-0.2, -0.15) is 0 Å². The van der Waals surface area contributed by atoms with E-state index in [1.165, 1.54) is 16.4 Å². The highest BCUT2D eigenvalue weighted by atomic mass is 35.5. The number of anilines is 2. The van der Waals surface area contributed by atoms with Crippen molar-refractivity contribution in [2.24, 2.45) is 0 Å². The first kappa shape index (κ1) is 19.1. The fourth-order valence-electron chi connectivity index (χ4n) is 2.37. The Labute approximate surface area is 166 Å². The van der Waals surface area contributed by atoms with Gasteiger partial charge in [-0.25, -0.2) is 4.68 Å². The lowest BCUT2D eigenvalue weighted by Crippen LogP contribution is -2.16. The van der Waals surface area contributed by atoms with Crippen molar-refractivity contribution in [2.45, 2.75) is 5.16 Å². The average molecular weight is 403 g/mol. The van der Waals surface area contributed by atoms with E-state index in [1.807, 2.05) is 61.5 Å². The van der Waals surface area contributed by atoms with Crippen LogP contribution in [0.15, 0.2) is 53.7 Å². The van der Waals surface area contributed by atoms with Crippen molar-refractivity contribution in [1.29, 1.82) is 0 Å². The quantitative estimate of drug-likeness (QED) is 0.486. The molecule has 3 aromatic rings. The lowest BCUT2D eigenvalue weighted by molar-refractivity contribution is -0.113. The first-order valence-electron chi connectivity index (χ1n) is 8.11. The van der Waals surface area contributed by atoms with E-state index in [-0.39, 0.29) is 11.7 Å². The van der Waals surface area contributed by atoms with Crippen LogP contribution in [0.5, 0.6) is 0 Å². The molecule has 0 aliphatic rings. The molecule has 0 bridgehead atoms. The van der Waals surface area contributed by atoms with E-state index in [0.717, 1.165) is 11.4 Å². The van der Waals surface area contributed by atoms with E-state index in [2.05, 4.69) is 15.5 Å². The second-order valence-electron chi connectivity index (χ2n) is 5.93. The molecule has 0 radical (unpaired) electrons. The third kappa shape index (κ3) is 4.53. The Morgan fingerprint density at radius 1 is 1.19 bits per heavy atom. The number of nitrogen functional groups attached to an aromatic ring is 1. The van der Waals surface area contributed by atoms with Gasteiger partial charge in [0.25, 0.3) is 0 Å². The maximum absolute atomic E-state index is 12.2. The van der Waals surface area contributed by atoms with E-state index in [9.17, 15) is 4.79 Å². The molecule has 7 nitrogen and oxygen atoms in total. The number of aromatic nitrogens is 3. The molecule has 0 saturated carbocycles. The Hall–Kier alpha value is -2.71. The normalized spacial score (nSPS) is 10.6. The molecule has 0 saturated heterocycles. The molecule has 3 N–H and O–H groups in total. The van der Waals surface area contributed by atoms with Crippen LogP contribution in [0.1, 0.15) is 0 Å². The first-order chi connectivity index (χ1) is 13.0. The zero-order valence-corrected chi connectivity index (χ0v) is 16.5. The number of rotatable bonds is 6. The molecule has 1 heterocycles. The maximum atomic E-state index is 12.2. The fraction of sp³-hybridized carbons (Fsp3) is 0.167. The van der Waals surface area contributed by atoms with Gasteiger partial charge >= 0.3 is 0 Å². The van der Waals surface area contributed by atoms with Gasteiger partial charge in [0, 0.05) is 31.0 Å². The predicted octanol–water partition coefficient (Wildman–Crippen LogP) is 3.11. The lowest BCUT2D eigenvalue weighted by atomic mass is 10.2. The van der Waals surface area contributed by atoms with Crippen LogP contribution in [0.4, 0.5) is 11.4 Å². The molecule has 0 unspecified atom stereocenters. The molecular formula is C18H19ClN6OS. The van der Waals surface area contributed by atoms with Gasteiger partial charge in [0.2, 0.25) is 11.1 Å². The lowest BCUT2D eigenvalue weighted by Gasteiger charge is -2.13. The van der Waals surface area contributed by atoms with Crippen molar-refractivity contribution in [3.63, 3.8) is 0 Å². The number of nitrogens with zero attached hydrogens (tertiary/aromatic N) is 4. The maximum Gasteiger partial charge on any atom is 0.234 e. The SMILES string of the molecule is CN(C)c1ccc(NC(=O)CSc2nnc(-c3ccccc3Cl)n2N)cc1. The molecule has 1 aromatic heterocycles. The zero-order valence-electron chi connectivity index (χ0n) is 14.9. The third-order valence-corrected chi connectivity index (χ3v) is 5.05. The summed E-state index contributed by atoms with van der Waals surface area (Å²) < 4.78 is 1.34. The zero-order chi connectivity index (χ0) is 19.4. The number of benzene rings is 2. The van der Waals surface area contributed by atoms with Gasteiger partial charge in [-0.3, -0.25) is 4.79 Å². The van der Waals surface area contributed by atoms with E-state index in [1.54, 1.807) is 6.07 Å². The van der Waals surface area contributed by atoms with Crippen LogP contribution in [-0.4, -0.2) is 40.6 Å². The summed E-state index contributed by atoms with van der Waals surface area (Å²) in [4.78, 5) is 14.2. The Bertz CT molecular complexity index is 941. The Kier molecular flexibility index (Phi) is 5.88. The van der Waals surface area contributed by atoms with Crippen LogP contribution in [0, 0.1) is 0 Å². The minimum atomic E-state index is -0.153. The highest BCUT2D eigenvalue weighted by Crippen LogP contribution is 2.27. The van der Waals surface area contributed by atoms with Gasteiger partial charge in [-0.15, -0.1) is 10.2 Å². The van der Waals surface area contributed by atoms with Crippen molar-refractivity contribution < 1.29 is 4.79 Å². The van der Waals surface area contributed by atoms with Crippen molar-refractivity contribution in [2.75, 3.05) is 35.9 Å². The summed E-state index contributed by atoms with van der Waals surface area (Å²) in [6.45, 7) is 0. The summed E-state index contributed by atoms with van der Waals surface area (Å²) >= 11 is 7.38. The number of hydrogen-bond donors (Lipinski definition) is 2. The van der Waals surface area contributed by atoms with Crippen LogP contribution in [0.3, 0.4) is 0 Å². The third-order valence-electron chi connectivity index (χ3n) is 3.78. The summed E-state index contributed by atoms with van der Waals surface area (Å²) in [7, 11) is 3.92. The molecule has 0 aliphatic heterocycles. The van der Waals surface area contributed by atoms with Crippen molar-refractivity contribution in [1.82, 2.24) is 14.9 Å². The second-order valence-corrected chi connectivity index (χ2v) is 7.28. The molecule has 0 fully saturated rings. The summed E-state index contributed by atoms with van der Waals surface area (Å²) in [6, 6.07) is 14.8. The number of carbonyl (C=O) groups is 1. The van der Waals surface area contributed by atoms with Gasteiger partial charge < -0.3 is 16.1 Å². The smallest absolute Gasteiger partial charge is 0.234 e. The molecular weight excluding hydrogens is 384 g/mol. The Morgan fingerprint density at radius 3 is 2.56 bits per heavy atom. The molecule has 2 aromatic carbocycles. The summed E-state index contributed by atoms with van der Waals surface area (Å²) in [5.41, 5.74) is 2.48.